The Morgan fingerprint density at radius 1 is 1.35 bits per heavy atom. The van der Waals surface area contributed by atoms with Gasteiger partial charge in [-0.15, -0.1) is 11.3 Å². The normalized spacial score (nSPS) is 18.3. The SMILES string of the molecule is COc1ccc2ncc(Cl)c(C(=O)CCC3CCN(CC#Cc4cccs4)CC3C(=O)O)c2c1. The number of thiophene rings is 1. The number of likely N-dealkylation sites (tertiary alicyclic amines) is 1. The number of ether oxygens (including phenoxy) is 1. The van der Waals surface area contributed by atoms with Crippen LogP contribution in [-0.2, 0) is 4.79 Å². The van der Waals surface area contributed by atoms with Gasteiger partial charge in [0.1, 0.15) is 5.75 Å². The van der Waals surface area contributed by atoms with Crippen LogP contribution in [0.25, 0.3) is 10.9 Å². The molecular weight excluding hydrogens is 472 g/mol. The number of carboxylic acid groups (broad SMARTS) is 1. The van der Waals surface area contributed by atoms with Crippen molar-refractivity contribution in [3.8, 4) is 17.6 Å². The summed E-state index contributed by atoms with van der Waals surface area (Å²) in [5.41, 5.74) is 1.08. The number of fused-ring (bicyclic) bond motifs is 1. The van der Waals surface area contributed by atoms with Crippen LogP contribution in [0.3, 0.4) is 0 Å². The van der Waals surface area contributed by atoms with Gasteiger partial charge < -0.3 is 9.84 Å². The summed E-state index contributed by atoms with van der Waals surface area (Å²) < 4.78 is 5.29. The second-order valence-electron chi connectivity index (χ2n) is 8.33. The number of halogens is 1. The number of ketones is 1. The van der Waals surface area contributed by atoms with E-state index in [1.54, 1.807) is 36.6 Å². The van der Waals surface area contributed by atoms with Crippen molar-refractivity contribution in [1.82, 2.24) is 9.88 Å². The minimum absolute atomic E-state index is 0.0793. The molecule has 6 nitrogen and oxygen atoms in total. The second kappa shape index (κ2) is 11.0. The Morgan fingerprint density at radius 2 is 2.21 bits per heavy atom. The molecule has 34 heavy (non-hydrogen) atoms. The lowest BCUT2D eigenvalue weighted by Crippen LogP contribution is -2.44. The number of pyridine rings is 1. The summed E-state index contributed by atoms with van der Waals surface area (Å²) in [4.78, 5) is 32.6. The fraction of sp³-hybridized carbons (Fsp3) is 0.346. The topological polar surface area (TPSA) is 79.7 Å². The van der Waals surface area contributed by atoms with Gasteiger partial charge in [0, 0.05) is 30.1 Å². The molecule has 0 radical (unpaired) electrons. The molecule has 1 saturated heterocycles. The molecular formula is C26H25ClN2O4S. The van der Waals surface area contributed by atoms with Crippen LogP contribution < -0.4 is 4.74 Å². The van der Waals surface area contributed by atoms with Crippen molar-refractivity contribution in [2.75, 3.05) is 26.7 Å². The van der Waals surface area contributed by atoms with E-state index >= 15 is 0 Å². The number of methoxy groups -OCH3 is 1. The number of aliphatic carboxylic acids is 1. The van der Waals surface area contributed by atoms with Crippen LogP contribution in [0.5, 0.6) is 5.75 Å². The fourth-order valence-electron chi connectivity index (χ4n) is 4.42. The summed E-state index contributed by atoms with van der Waals surface area (Å²) >= 11 is 7.95. The number of hydrogen-bond donors (Lipinski definition) is 1. The Bertz CT molecular complexity index is 1250. The van der Waals surface area contributed by atoms with E-state index in [0.29, 0.717) is 53.2 Å². The van der Waals surface area contributed by atoms with Gasteiger partial charge in [0.25, 0.3) is 0 Å². The van der Waals surface area contributed by atoms with E-state index in [0.717, 1.165) is 11.4 Å². The average molecular weight is 497 g/mol. The zero-order chi connectivity index (χ0) is 24.1. The van der Waals surface area contributed by atoms with Gasteiger partial charge in [0.05, 0.1) is 35.0 Å². The first-order chi connectivity index (χ1) is 16.5. The quantitative estimate of drug-likeness (QED) is 0.366. The molecule has 0 amide bonds. The maximum atomic E-state index is 13.2. The molecule has 3 aromatic rings. The van der Waals surface area contributed by atoms with Crippen molar-refractivity contribution >= 4 is 45.6 Å². The third-order valence-electron chi connectivity index (χ3n) is 6.24. The van der Waals surface area contributed by atoms with E-state index < -0.39 is 11.9 Å². The second-order valence-corrected chi connectivity index (χ2v) is 9.69. The van der Waals surface area contributed by atoms with Gasteiger partial charge in [-0.2, -0.15) is 0 Å². The third-order valence-corrected chi connectivity index (χ3v) is 7.31. The molecule has 0 saturated carbocycles. The molecule has 1 fully saturated rings. The predicted molar refractivity (Wildman–Crippen MR) is 134 cm³/mol. The van der Waals surface area contributed by atoms with Crippen LogP contribution in [0.15, 0.2) is 41.9 Å². The molecule has 1 aliphatic rings. The summed E-state index contributed by atoms with van der Waals surface area (Å²) in [6.45, 7) is 1.73. The summed E-state index contributed by atoms with van der Waals surface area (Å²) in [5.74, 6) is 5.33. The molecule has 2 aromatic heterocycles. The number of rotatable bonds is 7. The highest BCUT2D eigenvalue weighted by atomic mass is 35.5. The molecule has 3 heterocycles. The van der Waals surface area contributed by atoms with Crippen LogP contribution in [0.1, 0.15) is 34.5 Å². The highest BCUT2D eigenvalue weighted by Gasteiger charge is 2.34. The highest BCUT2D eigenvalue weighted by Crippen LogP contribution is 2.32. The smallest absolute Gasteiger partial charge is 0.308 e. The number of piperidine rings is 1. The first-order valence-corrected chi connectivity index (χ1v) is 12.3. The standard InChI is InChI=1S/C26H25ClN2O4S/c1-33-18-7-8-23-20(14-18)25(22(27)15-28-23)24(30)9-6-17-10-12-29(16-21(17)26(31)32)11-2-4-19-5-3-13-34-19/h3,5,7-8,13-15,17,21H,6,9-12,16H2,1H3,(H,31,32). The van der Waals surface area contributed by atoms with E-state index in [4.69, 9.17) is 16.3 Å². The molecule has 1 N–H and O–H groups in total. The molecule has 0 spiro atoms. The maximum Gasteiger partial charge on any atom is 0.308 e. The summed E-state index contributed by atoms with van der Waals surface area (Å²) in [6.07, 6.45) is 2.92. The first-order valence-electron chi connectivity index (χ1n) is 11.1. The molecule has 1 aromatic carbocycles. The number of carbonyl (C=O) groups is 2. The van der Waals surface area contributed by atoms with Gasteiger partial charge in [-0.1, -0.05) is 29.5 Å². The number of carboxylic acids is 1. The number of carbonyl (C=O) groups excluding carboxylic acids is 1. The van der Waals surface area contributed by atoms with E-state index in [1.165, 1.54) is 6.20 Å². The molecule has 1 aliphatic heterocycles. The fourth-order valence-corrected chi connectivity index (χ4v) is 5.27. The van der Waals surface area contributed by atoms with Crippen LogP contribution in [0, 0.1) is 23.7 Å². The lowest BCUT2D eigenvalue weighted by molar-refractivity contribution is -0.146. The first kappa shape index (κ1) is 24.2. The van der Waals surface area contributed by atoms with Gasteiger partial charge in [-0.05, 0) is 54.9 Å². The van der Waals surface area contributed by atoms with Crippen molar-refractivity contribution in [2.45, 2.75) is 19.3 Å². The molecule has 0 aliphatic carbocycles. The Kier molecular flexibility index (Phi) is 7.84. The minimum Gasteiger partial charge on any atom is -0.497 e. The van der Waals surface area contributed by atoms with Gasteiger partial charge in [-0.3, -0.25) is 19.5 Å². The number of nitrogens with zero attached hydrogens (tertiary/aromatic N) is 2. The Labute approximate surface area is 207 Å². The Balaban J connectivity index is 1.42. The van der Waals surface area contributed by atoms with Gasteiger partial charge >= 0.3 is 5.97 Å². The summed E-state index contributed by atoms with van der Waals surface area (Å²) in [6, 6.07) is 9.26. The molecule has 2 unspecified atom stereocenters. The molecule has 2 atom stereocenters. The van der Waals surface area contributed by atoms with Crippen LogP contribution >= 0.6 is 22.9 Å². The largest absolute Gasteiger partial charge is 0.497 e. The lowest BCUT2D eigenvalue weighted by Gasteiger charge is -2.35. The van der Waals surface area contributed by atoms with Gasteiger partial charge in [0.2, 0.25) is 0 Å². The Hall–Kier alpha value is -2.92. The van der Waals surface area contributed by atoms with E-state index in [-0.39, 0.29) is 18.1 Å². The maximum absolute atomic E-state index is 13.2. The average Bonchev–Trinajstić information content (AvgIpc) is 3.36. The molecule has 8 heteroatoms. The zero-order valence-electron chi connectivity index (χ0n) is 18.8. The number of Topliss-reactive ketones (excluding diaryl/α,β-unsaturated/α-hetero) is 1. The van der Waals surface area contributed by atoms with Crippen molar-refractivity contribution < 1.29 is 19.4 Å². The van der Waals surface area contributed by atoms with Crippen molar-refractivity contribution in [2.24, 2.45) is 11.8 Å². The lowest BCUT2D eigenvalue weighted by atomic mass is 9.81. The minimum atomic E-state index is -0.828. The number of benzene rings is 1. The number of aromatic nitrogens is 1. The Morgan fingerprint density at radius 3 is 2.94 bits per heavy atom. The van der Waals surface area contributed by atoms with Crippen LogP contribution in [0.2, 0.25) is 5.02 Å². The van der Waals surface area contributed by atoms with E-state index in [9.17, 15) is 14.7 Å². The van der Waals surface area contributed by atoms with Gasteiger partial charge in [0.15, 0.2) is 5.78 Å². The predicted octanol–water partition coefficient (Wildman–Crippen LogP) is 5.00. The zero-order valence-corrected chi connectivity index (χ0v) is 20.4. The molecule has 176 valence electrons. The van der Waals surface area contributed by atoms with Crippen LogP contribution in [0.4, 0.5) is 0 Å². The van der Waals surface area contributed by atoms with Gasteiger partial charge in [-0.25, -0.2) is 0 Å². The monoisotopic (exact) mass is 496 g/mol. The van der Waals surface area contributed by atoms with Crippen molar-refractivity contribution in [3.05, 3.63) is 57.4 Å². The van der Waals surface area contributed by atoms with E-state index in [2.05, 4.69) is 21.7 Å². The third kappa shape index (κ3) is 5.58. The summed E-state index contributed by atoms with van der Waals surface area (Å²) in [5, 5.41) is 12.8. The molecule has 4 rings (SSSR count). The molecule has 0 bridgehead atoms. The van der Waals surface area contributed by atoms with Crippen molar-refractivity contribution in [1.29, 1.82) is 0 Å². The van der Waals surface area contributed by atoms with Crippen molar-refractivity contribution in [3.63, 3.8) is 0 Å². The van der Waals surface area contributed by atoms with Crippen LogP contribution in [-0.4, -0.2) is 53.5 Å². The van der Waals surface area contributed by atoms with E-state index in [1.807, 2.05) is 17.5 Å². The highest BCUT2D eigenvalue weighted by molar-refractivity contribution is 7.10. The number of hydrogen-bond acceptors (Lipinski definition) is 6. The summed E-state index contributed by atoms with van der Waals surface area (Å²) in [7, 11) is 1.56.